The van der Waals surface area contributed by atoms with Crippen LogP contribution in [0.25, 0.3) is 10.8 Å². The maximum absolute atomic E-state index is 13.3. The maximum Gasteiger partial charge on any atom is 0.274 e. The van der Waals surface area contributed by atoms with E-state index < -0.39 is 0 Å². The van der Waals surface area contributed by atoms with E-state index in [0.29, 0.717) is 16.5 Å². The van der Waals surface area contributed by atoms with Crippen LogP contribution in [0, 0.1) is 5.41 Å². The first-order valence-corrected chi connectivity index (χ1v) is 11.2. The number of likely N-dealkylation sites (tertiary alicyclic amines) is 2. The van der Waals surface area contributed by atoms with E-state index >= 15 is 0 Å². The fraction of sp³-hybridized carbons (Fsp3) is 0.400. The molecule has 2 fully saturated rings. The van der Waals surface area contributed by atoms with Gasteiger partial charge in [-0.25, -0.2) is 5.10 Å². The average molecular weight is 417 g/mol. The van der Waals surface area contributed by atoms with Crippen LogP contribution in [0.5, 0.6) is 0 Å². The van der Waals surface area contributed by atoms with Crippen molar-refractivity contribution in [3.63, 3.8) is 0 Å². The zero-order chi connectivity index (χ0) is 21.3. The van der Waals surface area contributed by atoms with E-state index in [1.807, 2.05) is 23.1 Å². The molecule has 1 unspecified atom stereocenters. The van der Waals surface area contributed by atoms with Gasteiger partial charge in [0.05, 0.1) is 5.39 Å². The molecule has 2 aromatic carbocycles. The normalized spacial score (nSPS) is 21.7. The Bertz CT molecular complexity index is 1140. The number of hydrogen-bond donors (Lipinski definition) is 1. The highest BCUT2D eigenvalue weighted by atomic mass is 16.2. The molecule has 0 radical (unpaired) electrons. The number of nitrogens with one attached hydrogen (secondary N) is 1. The molecule has 31 heavy (non-hydrogen) atoms. The summed E-state index contributed by atoms with van der Waals surface area (Å²) in [5, 5.41) is 7.76. The first kappa shape index (κ1) is 19.9. The van der Waals surface area contributed by atoms with Gasteiger partial charge in [-0.2, -0.15) is 5.10 Å². The molecule has 0 saturated carbocycles. The number of amides is 1. The Morgan fingerprint density at radius 3 is 2.58 bits per heavy atom. The quantitative estimate of drug-likeness (QED) is 0.710. The molecule has 1 aromatic heterocycles. The average Bonchev–Trinajstić information content (AvgIpc) is 3.21. The smallest absolute Gasteiger partial charge is 0.274 e. The lowest BCUT2D eigenvalue weighted by Crippen LogP contribution is -2.46. The van der Waals surface area contributed by atoms with Gasteiger partial charge >= 0.3 is 0 Å². The number of carbonyl (C=O) groups excluding carboxylic acids is 1. The third kappa shape index (κ3) is 4.00. The molecule has 0 bridgehead atoms. The first-order chi connectivity index (χ1) is 15.1. The molecular weight excluding hydrogens is 388 g/mol. The Labute approximate surface area is 181 Å². The van der Waals surface area contributed by atoms with Crippen molar-refractivity contribution >= 4 is 16.7 Å². The van der Waals surface area contributed by atoms with Gasteiger partial charge in [0.1, 0.15) is 0 Å². The fourth-order valence-electron chi connectivity index (χ4n) is 5.30. The largest absolute Gasteiger partial charge is 0.337 e. The van der Waals surface area contributed by atoms with Gasteiger partial charge in [-0.3, -0.25) is 9.59 Å². The Morgan fingerprint density at radius 2 is 1.74 bits per heavy atom. The summed E-state index contributed by atoms with van der Waals surface area (Å²) in [7, 11) is 0. The number of piperidine rings is 1. The van der Waals surface area contributed by atoms with Crippen LogP contribution in [0.1, 0.15) is 35.3 Å². The van der Waals surface area contributed by atoms with Crippen molar-refractivity contribution < 1.29 is 4.79 Å². The van der Waals surface area contributed by atoms with Crippen molar-refractivity contribution in [1.29, 1.82) is 0 Å². The summed E-state index contributed by atoms with van der Waals surface area (Å²) in [6, 6.07) is 17.8. The van der Waals surface area contributed by atoms with Gasteiger partial charge < -0.3 is 9.80 Å². The van der Waals surface area contributed by atoms with Crippen molar-refractivity contribution in [3.05, 3.63) is 76.2 Å². The minimum Gasteiger partial charge on any atom is -0.337 e. The number of benzene rings is 2. The van der Waals surface area contributed by atoms with Crippen LogP contribution in [-0.2, 0) is 6.42 Å². The van der Waals surface area contributed by atoms with Crippen LogP contribution in [0.3, 0.4) is 0 Å². The fourth-order valence-corrected chi connectivity index (χ4v) is 5.30. The van der Waals surface area contributed by atoms with E-state index in [4.69, 9.17) is 0 Å². The molecule has 3 heterocycles. The molecule has 2 saturated heterocycles. The van der Waals surface area contributed by atoms with Crippen LogP contribution in [0.15, 0.2) is 59.4 Å². The van der Waals surface area contributed by atoms with Crippen molar-refractivity contribution in [3.8, 4) is 0 Å². The zero-order valence-electron chi connectivity index (χ0n) is 17.7. The molecule has 5 rings (SSSR count). The minimum atomic E-state index is -0.258. The van der Waals surface area contributed by atoms with Crippen LogP contribution in [-0.4, -0.2) is 58.6 Å². The molecular formula is C25H28N4O2. The van der Waals surface area contributed by atoms with E-state index in [0.717, 1.165) is 45.6 Å². The van der Waals surface area contributed by atoms with E-state index in [-0.39, 0.29) is 16.9 Å². The lowest BCUT2D eigenvalue weighted by molar-refractivity contribution is 0.0688. The van der Waals surface area contributed by atoms with E-state index in [1.165, 1.54) is 18.4 Å². The molecule has 1 N–H and O–H groups in total. The Hall–Kier alpha value is -2.99. The number of carbonyl (C=O) groups is 1. The topological polar surface area (TPSA) is 69.3 Å². The van der Waals surface area contributed by atoms with E-state index in [1.54, 1.807) is 6.07 Å². The molecule has 160 valence electrons. The van der Waals surface area contributed by atoms with Gasteiger partial charge in [-0.15, -0.1) is 0 Å². The highest BCUT2D eigenvalue weighted by Gasteiger charge is 2.43. The lowest BCUT2D eigenvalue weighted by Gasteiger charge is -2.40. The monoisotopic (exact) mass is 416 g/mol. The standard InChI is InChI=1S/C25H28N4O2/c30-23-21-10-5-4-9-20(21)22(26-27-23)24(31)29-16-13-25(18-29)12-6-14-28(17-25)15-11-19-7-2-1-3-8-19/h1-5,7-10H,6,11-18H2,(H,27,30). The van der Waals surface area contributed by atoms with Crippen LogP contribution in [0.2, 0.25) is 0 Å². The zero-order valence-corrected chi connectivity index (χ0v) is 17.7. The molecule has 3 aromatic rings. The number of fused-ring (bicyclic) bond motifs is 1. The summed E-state index contributed by atoms with van der Waals surface area (Å²) in [5.74, 6) is -0.0780. The van der Waals surface area contributed by atoms with Gasteiger partial charge in [0.15, 0.2) is 5.69 Å². The molecule has 1 atom stereocenters. The molecule has 6 nitrogen and oxygen atoms in total. The van der Waals surface area contributed by atoms with Crippen molar-refractivity contribution in [2.75, 3.05) is 32.7 Å². The number of H-pyrrole nitrogens is 1. The predicted octanol–water partition coefficient (Wildman–Crippen LogP) is 3.09. The van der Waals surface area contributed by atoms with Gasteiger partial charge in [-0.1, -0.05) is 48.5 Å². The van der Waals surface area contributed by atoms with Gasteiger partial charge in [0.2, 0.25) is 0 Å². The molecule has 0 aliphatic carbocycles. The number of hydrogen-bond acceptors (Lipinski definition) is 4. The third-order valence-electron chi connectivity index (χ3n) is 6.92. The summed E-state index contributed by atoms with van der Waals surface area (Å²) >= 11 is 0. The second kappa shape index (κ2) is 8.27. The summed E-state index contributed by atoms with van der Waals surface area (Å²) in [6.45, 7) is 4.76. The molecule has 1 amide bonds. The van der Waals surface area contributed by atoms with Gasteiger partial charge in [-0.05, 0) is 43.9 Å². The first-order valence-electron chi connectivity index (χ1n) is 11.2. The second-order valence-electron chi connectivity index (χ2n) is 9.04. The SMILES string of the molecule is O=C(c1n[nH]c(=O)c2ccccc12)N1CCC2(CCCN(CCc3ccccc3)C2)C1. The highest BCUT2D eigenvalue weighted by molar-refractivity contribution is 6.04. The molecule has 1 spiro atoms. The summed E-state index contributed by atoms with van der Waals surface area (Å²) in [4.78, 5) is 29.9. The summed E-state index contributed by atoms with van der Waals surface area (Å²) in [6.07, 6.45) is 4.43. The second-order valence-corrected chi connectivity index (χ2v) is 9.04. The molecule has 2 aliphatic rings. The van der Waals surface area contributed by atoms with Crippen LogP contribution < -0.4 is 5.56 Å². The van der Waals surface area contributed by atoms with E-state index in [2.05, 4.69) is 45.4 Å². The Morgan fingerprint density at radius 1 is 0.968 bits per heavy atom. The van der Waals surface area contributed by atoms with Crippen molar-refractivity contribution in [2.45, 2.75) is 25.7 Å². The number of nitrogens with zero attached hydrogens (tertiary/aromatic N) is 3. The molecule has 2 aliphatic heterocycles. The van der Waals surface area contributed by atoms with Crippen molar-refractivity contribution in [1.82, 2.24) is 20.0 Å². The van der Waals surface area contributed by atoms with E-state index in [9.17, 15) is 9.59 Å². The van der Waals surface area contributed by atoms with Crippen LogP contribution >= 0.6 is 0 Å². The summed E-state index contributed by atoms with van der Waals surface area (Å²) in [5.41, 5.74) is 1.64. The predicted molar refractivity (Wildman–Crippen MR) is 121 cm³/mol. The van der Waals surface area contributed by atoms with Gasteiger partial charge in [0, 0.05) is 37.0 Å². The number of aromatic nitrogens is 2. The Kier molecular flexibility index (Phi) is 5.32. The Balaban J connectivity index is 1.28. The third-order valence-corrected chi connectivity index (χ3v) is 6.92. The lowest BCUT2D eigenvalue weighted by atomic mass is 9.79. The number of rotatable bonds is 4. The van der Waals surface area contributed by atoms with Crippen LogP contribution in [0.4, 0.5) is 0 Å². The maximum atomic E-state index is 13.3. The van der Waals surface area contributed by atoms with Gasteiger partial charge in [0.25, 0.3) is 11.5 Å². The van der Waals surface area contributed by atoms with Crippen molar-refractivity contribution in [2.24, 2.45) is 5.41 Å². The highest BCUT2D eigenvalue weighted by Crippen LogP contribution is 2.39. The minimum absolute atomic E-state index is 0.0780. The number of aromatic amines is 1. The molecule has 6 heteroatoms. The summed E-state index contributed by atoms with van der Waals surface area (Å²) < 4.78 is 0.